The van der Waals surface area contributed by atoms with Crippen LogP contribution in [0.15, 0.2) is 0 Å². The molecule has 0 spiro atoms. The Hall–Kier alpha value is -1.38. The molecular weight excluding hydrogens is 164 g/mol. The molecule has 3 nitrogen and oxygen atoms in total. The summed E-state index contributed by atoms with van der Waals surface area (Å²) in [7, 11) is 0. The highest BCUT2D eigenvalue weighted by Crippen LogP contribution is 2.26. The Kier molecular flexibility index (Phi) is 1.79. The van der Waals surface area contributed by atoms with E-state index in [9.17, 15) is 4.79 Å². The van der Waals surface area contributed by atoms with Crippen molar-refractivity contribution in [2.45, 2.75) is 20.3 Å². The molecule has 1 aliphatic rings. The number of hydrogen-bond acceptors (Lipinski definition) is 3. The molecule has 13 heavy (non-hydrogen) atoms. The maximum atomic E-state index is 10.8. The molecule has 2 rings (SSSR count). The number of nitrogens with zero attached hydrogens (tertiary/aromatic N) is 1. The van der Waals surface area contributed by atoms with Crippen LogP contribution in [-0.4, -0.2) is 17.8 Å². The maximum absolute atomic E-state index is 10.8. The standard InChI is InChI=1S/C10H12N2O/c1-6-8-3-4-11-10(8)12-7(2)9(6)5-13/h5H,3-4H2,1-2H3,(H,11,12). The van der Waals surface area contributed by atoms with Crippen molar-refractivity contribution in [2.75, 3.05) is 11.9 Å². The van der Waals surface area contributed by atoms with Crippen LogP contribution in [-0.2, 0) is 6.42 Å². The lowest BCUT2D eigenvalue weighted by molar-refractivity contribution is 0.112. The third-order valence-electron chi connectivity index (χ3n) is 2.60. The summed E-state index contributed by atoms with van der Waals surface area (Å²) in [6, 6.07) is 0. The predicted octanol–water partition coefficient (Wildman–Crippen LogP) is 1.48. The van der Waals surface area contributed by atoms with Gasteiger partial charge in [-0.2, -0.15) is 0 Å². The van der Waals surface area contributed by atoms with Crippen LogP contribution in [0.3, 0.4) is 0 Å². The average Bonchev–Trinajstić information content (AvgIpc) is 2.53. The lowest BCUT2D eigenvalue weighted by Crippen LogP contribution is -2.00. The Morgan fingerprint density at radius 1 is 1.46 bits per heavy atom. The van der Waals surface area contributed by atoms with Crippen molar-refractivity contribution in [2.24, 2.45) is 0 Å². The molecule has 68 valence electrons. The average molecular weight is 176 g/mol. The summed E-state index contributed by atoms with van der Waals surface area (Å²) in [5.41, 5.74) is 3.86. The summed E-state index contributed by atoms with van der Waals surface area (Å²) in [6.45, 7) is 4.80. The minimum absolute atomic E-state index is 0.752. The minimum Gasteiger partial charge on any atom is -0.369 e. The largest absolute Gasteiger partial charge is 0.369 e. The molecule has 0 aliphatic carbocycles. The minimum atomic E-state index is 0.752. The van der Waals surface area contributed by atoms with Crippen molar-refractivity contribution in [1.29, 1.82) is 0 Å². The molecule has 1 N–H and O–H groups in total. The van der Waals surface area contributed by atoms with Gasteiger partial charge in [0.1, 0.15) is 5.82 Å². The monoisotopic (exact) mass is 176 g/mol. The van der Waals surface area contributed by atoms with E-state index in [4.69, 9.17) is 0 Å². The van der Waals surface area contributed by atoms with Gasteiger partial charge in [-0.15, -0.1) is 0 Å². The Balaban J connectivity index is 2.69. The van der Waals surface area contributed by atoms with Crippen molar-refractivity contribution in [3.05, 3.63) is 22.4 Å². The summed E-state index contributed by atoms with van der Waals surface area (Å²) in [4.78, 5) is 15.1. The first kappa shape index (κ1) is 8.23. The molecule has 2 heterocycles. The molecule has 1 aromatic rings. The first-order valence-electron chi connectivity index (χ1n) is 4.43. The van der Waals surface area contributed by atoms with Gasteiger partial charge in [0, 0.05) is 12.1 Å². The van der Waals surface area contributed by atoms with Crippen LogP contribution in [0.2, 0.25) is 0 Å². The fraction of sp³-hybridized carbons (Fsp3) is 0.400. The quantitative estimate of drug-likeness (QED) is 0.659. The number of fused-ring (bicyclic) bond motifs is 1. The lowest BCUT2D eigenvalue weighted by atomic mass is 10.0. The highest BCUT2D eigenvalue weighted by Gasteiger charge is 2.17. The zero-order chi connectivity index (χ0) is 9.42. The summed E-state index contributed by atoms with van der Waals surface area (Å²) < 4.78 is 0. The maximum Gasteiger partial charge on any atom is 0.152 e. The molecule has 0 fully saturated rings. The summed E-state index contributed by atoms with van der Waals surface area (Å²) in [6.07, 6.45) is 1.88. The van der Waals surface area contributed by atoms with E-state index in [0.29, 0.717) is 0 Å². The molecule has 0 unspecified atom stereocenters. The van der Waals surface area contributed by atoms with Crippen molar-refractivity contribution >= 4 is 12.1 Å². The SMILES string of the molecule is Cc1nc2c(c(C)c1C=O)CCN2. The van der Waals surface area contributed by atoms with Crippen LogP contribution in [0.1, 0.15) is 27.2 Å². The van der Waals surface area contributed by atoms with Gasteiger partial charge < -0.3 is 5.32 Å². The van der Waals surface area contributed by atoms with Gasteiger partial charge in [0.05, 0.1) is 5.69 Å². The van der Waals surface area contributed by atoms with Gasteiger partial charge >= 0.3 is 0 Å². The van der Waals surface area contributed by atoms with Gasteiger partial charge in [-0.05, 0) is 31.4 Å². The van der Waals surface area contributed by atoms with Crippen molar-refractivity contribution in [3.63, 3.8) is 0 Å². The van der Waals surface area contributed by atoms with E-state index in [1.165, 1.54) is 5.56 Å². The Bertz CT molecular complexity index is 372. The normalized spacial score (nSPS) is 13.7. The van der Waals surface area contributed by atoms with Crippen LogP contribution in [0.4, 0.5) is 5.82 Å². The first-order chi connectivity index (χ1) is 6.24. The first-order valence-corrected chi connectivity index (χ1v) is 4.43. The number of aromatic nitrogens is 1. The van der Waals surface area contributed by atoms with Crippen LogP contribution in [0.25, 0.3) is 0 Å². The molecule has 0 bridgehead atoms. The third-order valence-corrected chi connectivity index (χ3v) is 2.60. The molecule has 0 atom stereocenters. The number of carbonyl (C=O) groups is 1. The Labute approximate surface area is 77.2 Å². The lowest BCUT2D eigenvalue weighted by Gasteiger charge is -2.07. The van der Waals surface area contributed by atoms with Gasteiger partial charge in [0.15, 0.2) is 6.29 Å². The van der Waals surface area contributed by atoms with E-state index < -0.39 is 0 Å². The van der Waals surface area contributed by atoms with Crippen LogP contribution in [0, 0.1) is 13.8 Å². The molecular formula is C10H12N2O. The van der Waals surface area contributed by atoms with E-state index in [0.717, 1.165) is 41.9 Å². The number of nitrogens with one attached hydrogen (secondary N) is 1. The fourth-order valence-electron chi connectivity index (χ4n) is 1.84. The Morgan fingerprint density at radius 3 is 2.92 bits per heavy atom. The van der Waals surface area contributed by atoms with E-state index in [1.807, 2.05) is 13.8 Å². The van der Waals surface area contributed by atoms with Gasteiger partial charge in [-0.3, -0.25) is 4.79 Å². The molecule has 0 saturated carbocycles. The topological polar surface area (TPSA) is 42.0 Å². The highest BCUT2D eigenvalue weighted by atomic mass is 16.1. The molecule has 1 aromatic heterocycles. The third kappa shape index (κ3) is 1.11. The van der Waals surface area contributed by atoms with Crippen molar-refractivity contribution in [3.8, 4) is 0 Å². The second-order valence-corrected chi connectivity index (χ2v) is 3.36. The van der Waals surface area contributed by atoms with Gasteiger partial charge in [-0.25, -0.2) is 4.98 Å². The number of aryl methyl sites for hydroxylation is 1. The number of aldehydes is 1. The second-order valence-electron chi connectivity index (χ2n) is 3.36. The second kappa shape index (κ2) is 2.83. The van der Waals surface area contributed by atoms with E-state index in [2.05, 4.69) is 10.3 Å². The number of rotatable bonds is 1. The van der Waals surface area contributed by atoms with Crippen LogP contribution < -0.4 is 5.32 Å². The summed E-state index contributed by atoms with van der Waals surface area (Å²) in [5, 5.41) is 3.21. The number of pyridine rings is 1. The van der Waals surface area contributed by atoms with Gasteiger partial charge in [0.2, 0.25) is 0 Å². The van der Waals surface area contributed by atoms with Crippen LogP contribution >= 0.6 is 0 Å². The number of carbonyl (C=O) groups excluding carboxylic acids is 1. The zero-order valence-corrected chi connectivity index (χ0v) is 7.85. The van der Waals surface area contributed by atoms with E-state index >= 15 is 0 Å². The van der Waals surface area contributed by atoms with Crippen molar-refractivity contribution in [1.82, 2.24) is 4.98 Å². The predicted molar refractivity (Wildman–Crippen MR) is 51.3 cm³/mol. The fourth-order valence-corrected chi connectivity index (χ4v) is 1.84. The van der Waals surface area contributed by atoms with E-state index in [1.54, 1.807) is 0 Å². The molecule has 0 radical (unpaired) electrons. The molecule has 0 aromatic carbocycles. The van der Waals surface area contributed by atoms with Crippen molar-refractivity contribution < 1.29 is 4.79 Å². The molecule has 0 saturated heterocycles. The Morgan fingerprint density at radius 2 is 2.23 bits per heavy atom. The molecule has 0 amide bonds. The molecule has 1 aliphatic heterocycles. The number of hydrogen-bond donors (Lipinski definition) is 1. The van der Waals surface area contributed by atoms with Gasteiger partial charge in [-0.1, -0.05) is 0 Å². The summed E-state index contributed by atoms with van der Waals surface area (Å²) >= 11 is 0. The molecule has 3 heteroatoms. The van der Waals surface area contributed by atoms with E-state index in [-0.39, 0.29) is 0 Å². The number of anilines is 1. The van der Waals surface area contributed by atoms with Crippen LogP contribution in [0.5, 0.6) is 0 Å². The smallest absolute Gasteiger partial charge is 0.152 e. The summed E-state index contributed by atoms with van der Waals surface area (Å²) in [5.74, 6) is 0.959. The highest BCUT2D eigenvalue weighted by molar-refractivity contribution is 5.81. The van der Waals surface area contributed by atoms with Gasteiger partial charge in [0.25, 0.3) is 0 Å². The zero-order valence-electron chi connectivity index (χ0n) is 7.85.